The lowest BCUT2D eigenvalue weighted by atomic mass is 9.96. The minimum atomic E-state index is -0.171. The molecule has 1 saturated heterocycles. The van der Waals surface area contributed by atoms with Crippen LogP contribution in [-0.4, -0.2) is 61.0 Å². The molecule has 1 atom stereocenters. The molecular weight excluding hydrogens is 280 g/mol. The molecule has 1 heterocycles. The van der Waals surface area contributed by atoms with Crippen molar-refractivity contribution in [1.29, 1.82) is 0 Å². The molecule has 0 saturated carbocycles. The maximum Gasteiger partial charge on any atom is 0.306 e. The normalized spacial score (nSPS) is 23.1. The summed E-state index contributed by atoms with van der Waals surface area (Å²) in [6, 6.07) is 0.211. The van der Waals surface area contributed by atoms with Crippen LogP contribution >= 0.6 is 0 Å². The largest absolute Gasteiger partial charge is 0.469 e. The van der Waals surface area contributed by atoms with Gasteiger partial charge in [0.25, 0.3) is 0 Å². The van der Waals surface area contributed by atoms with Gasteiger partial charge >= 0.3 is 5.97 Å². The van der Waals surface area contributed by atoms with E-state index in [4.69, 9.17) is 0 Å². The van der Waals surface area contributed by atoms with E-state index in [0.29, 0.717) is 19.4 Å². The number of carbonyl (C=O) groups excluding carboxylic acids is 2. The average molecular weight is 308 g/mol. The Morgan fingerprint density at radius 3 is 2.77 bits per heavy atom. The van der Waals surface area contributed by atoms with Gasteiger partial charge in [0.05, 0.1) is 13.5 Å². The summed E-state index contributed by atoms with van der Waals surface area (Å²) in [5.74, 6) is 0.0867. The summed E-state index contributed by atoms with van der Waals surface area (Å²) < 4.78 is 4.68. The van der Waals surface area contributed by atoms with Crippen LogP contribution < -0.4 is 0 Å². The Labute approximate surface area is 133 Å². The molecule has 2 aliphatic rings. The van der Waals surface area contributed by atoms with E-state index in [-0.39, 0.29) is 17.9 Å². The molecular formula is C17H28N2O3. The van der Waals surface area contributed by atoms with Crippen molar-refractivity contribution in [1.82, 2.24) is 9.80 Å². The van der Waals surface area contributed by atoms with Gasteiger partial charge in [0, 0.05) is 38.6 Å². The van der Waals surface area contributed by atoms with Crippen LogP contribution in [0.4, 0.5) is 0 Å². The van der Waals surface area contributed by atoms with Crippen LogP contribution in [0.15, 0.2) is 11.6 Å². The molecule has 0 aromatic rings. The van der Waals surface area contributed by atoms with Gasteiger partial charge in [-0.1, -0.05) is 11.6 Å². The molecule has 1 amide bonds. The number of piperazine rings is 1. The summed E-state index contributed by atoms with van der Waals surface area (Å²) in [4.78, 5) is 27.9. The number of carbonyl (C=O) groups is 2. The molecule has 1 fully saturated rings. The Morgan fingerprint density at radius 2 is 2.14 bits per heavy atom. The number of ether oxygens (including phenoxy) is 1. The maximum absolute atomic E-state index is 12.5. The Hall–Kier alpha value is -1.36. The van der Waals surface area contributed by atoms with Crippen LogP contribution in [0.2, 0.25) is 0 Å². The Morgan fingerprint density at radius 1 is 1.32 bits per heavy atom. The summed E-state index contributed by atoms with van der Waals surface area (Å²) in [6.45, 7) is 5.24. The van der Waals surface area contributed by atoms with Crippen LogP contribution in [0.3, 0.4) is 0 Å². The van der Waals surface area contributed by atoms with Crippen LogP contribution in [-0.2, 0) is 14.3 Å². The van der Waals surface area contributed by atoms with Crippen LogP contribution in [0.5, 0.6) is 0 Å². The molecule has 0 aromatic carbocycles. The third-order valence-corrected chi connectivity index (χ3v) is 4.66. The number of allylic oxidation sites excluding steroid dienone is 1. The number of esters is 1. The summed E-state index contributed by atoms with van der Waals surface area (Å²) in [7, 11) is 1.42. The first-order valence-corrected chi connectivity index (χ1v) is 8.36. The Bertz CT molecular complexity index is 434. The van der Waals surface area contributed by atoms with E-state index in [0.717, 1.165) is 32.5 Å². The summed E-state index contributed by atoms with van der Waals surface area (Å²) in [5.41, 5.74) is 1.32. The summed E-state index contributed by atoms with van der Waals surface area (Å²) in [6.07, 6.45) is 7.94. The van der Waals surface area contributed by atoms with Gasteiger partial charge in [-0.3, -0.25) is 14.5 Å². The highest BCUT2D eigenvalue weighted by Gasteiger charge is 2.27. The lowest BCUT2D eigenvalue weighted by molar-refractivity contribution is -0.142. The number of rotatable bonds is 5. The molecule has 0 bridgehead atoms. The number of methoxy groups -OCH3 is 1. The van der Waals surface area contributed by atoms with E-state index in [2.05, 4.69) is 22.6 Å². The first-order valence-electron chi connectivity index (χ1n) is 8.36. The van der Waals surface area contributed by atoms with E-state index in [1.54, 1.807) is 0 Å². The topological polar surface area (TPSA) is 49.9 Å². The van der Waals surface area contributed by atoms with Gasteiger partial charge in [-0.25, -0.2) is 0 Å². The molecule has 0 spiro atoms. The smallest absolute Gasteiger partial charge is 0.306 e. The SMILES string of the molecule is COC(=O)CCN1CCN(C(=O)CC2=CCCCC2)[C@H](C)C1. The van der Waals surface area contributed by atoms with E-state index in [1.165, 1.54) is 25.5 Å². The second-order valence-corrected chi connectivity index (χ2v) is 6.35. The lowest BCUT2D eigenvalue weighted by Gasteiger charge is -2.40. The van der Waals surface area contributed by atoms with Gasteiger partial charge in [0.15, 0.2) is 0 Å². The van der Waals surface area contributed by atoms with E-state index < -0.39 is 0 Å². The summed E-state index contributed by atoms with van der Waals surface area (Å²) >= 11 is 0. The molecule has 124 valence electrons. The van der Waals surface area contributed by atoms with Crippen molar-refractivity contribution in [2.24, 2.45) is 0 Å². The molecule has 0 unspecified atom stereocenters. The molecule has 1 aliphatic heterocycles. The minimum absolute atomic E-state index is 0.171. The maximum atomic E-state index is 12.5. The second-order valence-electron chi connectivity index (χ2n) is 6.35. The zero-order chi connectivity index (χ0) is 15.9. The molecule has 5 heteroatoms. The number of hydrogen-bond donors (Lipinski definition) is 0. The van der Waals surface area contributed by atoms with Gasteiger partial charge in [0.2, 0.25) is 5.91 Å². The van der Waals surface area contributed by atoms with Crippen molar-refractivity contribution in [3.05, 3.63) is 11.6 Å². The number of amides is 1. The second kappa shape index (κ2) is 8.32. The molecule has 0 N–H and O–H groups in total. The number of nitrogens with zero attached hydrogens (tertiary/aromatic N) is 2. The van der Waals surface area contributed by atoms with Crippen molar-refractivity contribution in [3.8, 4) is 0 Å². The van der Waals surface area contributed by atoms with Gasteiger partial charge in [-0.05, 0) is 32.6 Å². The van der Waals surface area contributed by atoms with Crippen molar-refractivity contribution < 1.29 is 14.3 Å². The first kappa shape index (κ1) is 17.0. The lowest BCUT2D eigenvalue weighted by Crippen LogP contribution is -2.54. The van der Waals surface area contributed by atoms with Crippen molar-refractivity contribution >= 4 is 11.9 Å². The molecule has 5 nitrogen and oxygen atoms in total. The monoisotopic (exact) mass is 308 g/mol. The van der Waals surface area contributed by atoms with Crippen LogP contribution in [0.1, 0.15) is 45.4 Å². The molecule has 22 heavy (non-hydrogen) atoms. The fourth-order valence-corrected chi connectivity index (χ4v) is 3.32. The van der Waals surface area contributed by atoms with Gasteiger partial charge in [-0.2, -0.15) is 0 Å². The fourth-order valence-electron chi connectivity index (χ4n) is 3.32. The third kappa shape index (κ3) is 4.83. The Balaban J connectivity index is 1.78. The van der Waals surface area contributed by atoms with Crippen molar-refractivity contribution in [2.45, 2.75) is 51.5 Å². The molecule has 0 aromatic heterocycles. The predicted molar refractivity (Wildman–Crippen MR) is 85.4 cm³/mol. The summed E-state index contributed by atoms with van der Waals surface area (Å²) in [5, 5.41) is 0. The third-order valence-electron chi connectivity index (χ3n) is 4.66. The zero-order valence-electron chi connectivity index (χ0n) is 13.8. The van der Waals surface area contributed by atoms with Gasteiger partial charge in [-0.15, -0.1) is 0 Å². The number of hydrogen-bond acceptors (Lipinski definition) is 4. The Kier molecular flexibility index (Phi) is 6.43. The van der Waals surface area contributed by atoms with Crippen molar-refractivity contribution in [2.75, 3.05) is 33.3 Å². The van der Waals surface area contributed by atoms with Crippen LogP contribution in [0.25, 0.3) is 0 Å². The quantitative estimate of drug-likeness (QED) is 0.575. The highest BCUT2D eigenvalue weighted by atomic mass is 16.5. The van der Waals surface area contributed by atoms with E-state index >= 15 is 0 Å². The zero-order valence-corrected chi connectivity index (χ0v) is 13.8. The molecule has 1 aliphatic carbocycles. The van der Waals surface area contributed by atoms with E-state index in [9.17, 15) is 9.59 Å². The minimum Gasteiger partial charge on any atom is -0.469 e. The standard InChI is InChI=1S/C17H28N2O3/c1-14-13-18(9-8-17(21)22-2)10-11-19(14)16(20)12-15-6-4-3-5-7-15/h6,14H,3-5,7-13H2,1-2H3/t14-/m1/s1. The predicted octanol–water partition coefficient (Wildman–Crippen LogP) is 1.97. The van der Waals surface area contributed by atoms with Gasteiger partial charge < -0.3 is 9.64 Å². The fraction of sp³-hybridized carbons (Fsp3) is 0.765. The first-order chi connectivity index (χ1) is 10.6. The van der Waals surface area contributed by atoms with Crippen molar-refractivity contribution in [3.63, 3.8) is 0 Å². The molecule has 2 rings (SSSR count). The van der Waals surface area contributed by atoms with E-state index in [1.807, 2.05) is 4.90 Å². The highest BCUT2D eigenvalue weighted by Crippen LogP contribution is 2.22. The van der Waals surface area contributed by atoms with Crippen LogP contribution in [0, 0.1) is 0 Å². The molecule has 0 radical (unpaired) electrons. The average Bonchev–Trinajstić information content (AvgIpc) is 2.53. The van der Waals surface area contributed by atoms with Gasteiger partial charge in [0.1, 0.15) is 0 Å². The highest BCUT2D eigenvalue weighted by molar-refractivity contribution is 5.79.